The van der Waals surface area contributed by atoms with Gasteiger partial charge in [0.25, 0.3) is 11.8 Å². The molecule has 8 nitrogen and oxygen atoms in total. The Balaban J connectivity index is 1.67. The van der Waals surface area contributed by atoms with Gasteiger partial charge in [0, 0.05) is 74.1 Å². The van der Waals surface area contributed by atoms with Gasteiger partial charge in [0.1, 0.15) is 11.6 Å². The van der Waals surface area contributed by atoms with Crippen LogP contribution in [0.4, 0.5) is 4.39 Å². The summed E-state index contributed by atoms with van der Waals surface area (Å²) >= 11 is 0. The number of nitrogens with zero attached hydrogens (tertiary/aromatic N) is 2. The second-order valence-electron chi connectivity index (χ2n) is 11.4. The first-order chi connectivity index (χ1) is 19.7. The van der Waals surface area contributed by atoms with Crippen LogP contribution in [0.5, 0.6) is 5.75 Å². The Morgan fingerprint density at radius 2 is 1.80 bits per heavy atom. The number of methoxy groups -OCH3 is 1. The van der Waals surface area contributed by atoms with E-state index in [2.05, 4.69) is 5.32 Å². The van der Waals surface area contributed by atoms with Crippen molar-refractivity contribution in [2.24, 2.45) is 0 Å². The highest BCUT2D eigenvalue weighted by Gasteiger charge is 2.30. The van der Waals surface area contributed by atoms with E-state index in [1.807, 2.05) is 32.6 Å². The second-order valence-corrected chi connectivity index (χ2v) is 11.4. The Hall–Kier alpha value is -3.01. The third-order valence-corrected chi connectivity index (χ3v) is 7.64. The van der Waals surface area contributed by atoms with Crippen molar-refractivity contribution in [3.63, 3.8) is 0 Å². The van der Waals surface area contributed by atoms with Crippen LogP contribution in [0.25, 0.3) is 11.1 Å². The van der Waals surface area contributed by atoms with Gasteiger partial charge in [-0.15, -0.1) is 0 Å². The van der Waals surface area contributed by atoms with Gasteiger partial charge in [-0.25, -0.2) is 4.39 Å². The van der Waals surface area contributed by atoms with Crippen LogP contribution in [0.3, 0.4) is 0 Å². The van der Waals surface area contributed by atoms with Gasteiger partial charge in [-0.3, -0.25) is 9.59 Å². The lowest BCUT2D eigenvalue weighted by Crippen LogP contribution is -2.51. The Labute approximate surface area is 243 Å². The Kier molecular flexibility index (Phi) is 10.8. The van der Waals surface area contributed by atoms with E-state index < -0.39 is 5.82 Å². The largest absolute Gasteiger partial charge is 0.493 e. The van der Waals surface area contributed by atoms with E-state index in [1.54, 1.807) is 36.3 Å². The Morgan fingerprint density at radius 1 is 1.07 bits per heavy atom. The number of halogens is 1. The van der Waals surface area contributed by atoms with E-state index >= 15 is 4.39 Å². The molecule has 224 valence electrons. The summed E-state index contributed by atoms with van der Waals surface area (Å²) in [4.78, 5) is 30.9. The lowest BCUT2D eigenvalue weighted by molar-refractivity contribution is -0.0586. The van der Waals surface area contributed by atoms with E-state index in [0.29, 0.717) is 55.2 Å². The lowest BCUT2D eigenvalue weighted by Gasteiger charge is -2.37. The molecule has 2 aromatic carbocycles. The van der Waals surface area contributed by atoms with Gasteiger partial charge < -0.3 is 29.3 Å². The number of ether oxygens (including phenoxy) is 3. The predicted molar refractivity (Wildman–Crippen MR) is 157 cm³/mol. The van der Waals surface area contributed by atoms with Crippen LogP contribution < -0.4 is 10.1 Å². The summed E-state index contributed by atoms with van der Waals surface area (Å²) in [6, 6.07) is 9.69. The molecule has 41 heavy (non-hydrogen) atoms. The maximum Gasteiger partial charge on any atom is 0.254 e. The minimum Gasteiger partial charge on any atom is -0.493 e. The van der Waals surface area contributed by atoms with E-state index in [-0.39, 0.29) is 41.7 Å². The van der Waals surface area contributed by atoms with Crippen LogP contribution in [-0.2, 0) is 9.47 Å². The minimum atomic E-state index is -0.469. The molecule has 0 spiro atoms. The van der Waals surface area contributed by atoms with Crippen LogP contribution in [0, 0.1) is 5.82 Å². The summed E-state index contributed by atoms with van der Waals surface area (Å²) in [5.74, 6) is -0.323. The zero-order valence-electron chi connectivity index (χ0n) is 25.0. The molecule has 2 heterocycles. The normalized spacial score (nSPS) is 21.1. The number of nitrogens with one attached hydrogen (secondary N) is 1. The molecule has 0 aromatic heterocycles. The number of hydrogen-bond donors (Lipinski definition) is 1. The summed E-state index contributed by atoms with van der Waals surface area (Å²) in [7, 11) is 1.62. The van der Waals surface area contributed by atoms with E-state index in [9.17, 15) is 9.59 Å². The molecule has 3 atom stereocenters. The number of rotatable bonds is 10. The van der Waals surface area contributed by atoms with Gasteiger partial charge in [0.2, 0.25) is 0 Å². The van der Waals surface area contributed by atoms with Crippen molar-refractivity contribution < 1.29 is 28.2 Å². The average Bonchev–Trinajstić information content (AvgIpc) is 2.95. The maximum atomic E-state index is 15.3. The number of morpholine rings is 1. The molecule has 0 unspecified atom stereocenters. The Bertz CT molecular complexity index is 1190. The fourth-order valence-electron chi connectivity index (χ4n) is 5.82. The van der Waals surface area contributed by atoms with Crippen molar-refractivity contribution in [1.82, 2.24) is 15.1 Å². The molecular weight excluding hydrogens is 525 g/mol. The van der Waals surface area contributed by atoms with Crippen molar-refractivity contribution in [1.29, 1.82) is 0 Å². The van der Waals surface area contributed by atoms with Crippen molar-refractivity contribution >= 4 is 11.8 Å². The molecule has 2 fully saturated rings. The van der Waals surface area contributed by atoms with Crippen LogP contribution in [-0.4, -0.2) is 92.4 Å². The fourth-order valence-corrected chi connectivity index (χ4v) is 5.82. The standard InChI is InChI=1S/C32H44FN3O5/c1-21(2)36(26-8-6-13-34-18-26)32(38)25-9-11-27(30(17-25)40-15-7-14-39-5)28-16-24(10-12-29(28)33)31(37)35-19-22(3)41-23(4)20-35/h9-12,16-17,21-23,26,34H,6-8,13-15,18-20H2,1-5H3/t22-,23+,26-/m1/s1. The number of piperidine rings is 1. The highest BCUT2D eigenvalue weighted by atomic mass is 19.1. The first-order valence-electron chi connectivity index (χ1n) is 14.7. The molecule has 2 aliphatic rings. The average molecular weight is 570 g/mol. The third-order valence-electron chi connectivity index (χ3n) is 7.64. The fraction of sp³-hybridized carbons (Fsp3) is 0.562. The van der Waals surface area contributed by atoms with Crippen LogP contribution in [0.15, 0.2) is 36.4 Å². The first kappa shape index (κ1) is 30.9. The summed E-state index contributed by atoms with van der Waals surface area (Å²) < 4.78 is 32.4. The monoisotopic (exact) mass is 569 g/mol. The molecule has 9 heteroatoms. The smallest absolute Gasteiger partial charge is 0.254 e. The molecule has 2 aliphatic heterocycles. The first-order valence-corrected chi connectivity index (χ1v) is 14.7. The van der Waals surface area contributed by atoms with E-state index in [0.717, 1.165) is 25.9 Å². The molecular formula is C32H44FN3O5. The molecule has 2 saturated heterocycles. The topological polar surface area (TPSA) is 80.3 Å². The quantitative estimate of drug-likeness (QED) is 0.416. The van der Waals surface area contributed by atoms with Gasteiger partial charge >= 0.3 is 0 Å². The molecule has 0 bridgehead atoms. The van der Waals surface area contributed by atoms with Crippen LogP contribution in [0.1, 0.15) is 67.7 Å². The summed E-state index contributed by atoms with van der Waals surface area (Å²) in [5.41, 5.74) is 1.62. The maximum absolute atomic E-state index is 15.3. The highest BCUT2D eigenvalue weighted by Crippen LogP contribution is 2.35. The second kappa shape index (κ2) is 14.2. The van der Waals surface area contributed by atoms with Gasteiger partial charge in [0.15, 0.2) is 0 Å². The molecule has 0 aliphatic carbocycles. The lowest BCUT2D eigenvalue weighted by atomic mass is 9.97. The van der Waals surface area contributed by atoms with Crippen molar-refractivity contribution in [2.75, 3.05) is 46.5 Å². The summed E-state index contributed by atoms with van der Waals surface area (Å²) in [6.07, 6.45) is 2.45. The van der Waals surface area contributed by atoms with E-state index in [4.69, 9.17) is 14.2 Å². The van der Waals surface area contributed by atoms with Crippen molar-refractivity contribution in [3.05, 3.63) is 53.3 Å². The van der Waals surface area contributed by atoms with Crippen LogP contribution >= 0.6 is 0 Å². The molecule has 2 aromatic rings. The number of carbonyl (C=O) groups excluding carboxylic acids is 2. The molecule has 0 radical (unpaired) electrons. The van der Waals surface area contributed by atoms with Crippen LogP contribution in [0.2, 0.25) is 0 Å². The zero-order valence-corrected chi connectivity index (χ0v) is 25.0. The number of amides is 2. The Morgan fingerprint density at radius 3 is 2.46 bits per heavy atom. The van der Waals surface area contributed by atoms with E-state index in [1.165, 1.54) is 12.1 Å². The highest BCUT2D eigenvalue weighted by molar-refractivity contribution is 5.97. The molecule has 0 saturated carbocycles. The number of hydrogen-bond acceptors (Lipinski definition) is 6. The SMILES string of the molecule is COCCCOc1cc(C(=O)N(C(C)C)[C@@H]2CCCNC2)ccc1-c1cc(C(=O)N2C[C@@H](C)O[C@@H](C)C2)ccc1F. The summed E-state index contributed by atoms with van der Waals surface area (Å²) in [5, 5.41) is 3.40. The molecule has 4 rings (SSSR count). The zero-order chi connectivity index (χ0) is 29.5. The van der Waals surface area contributed by atoms with Gasteiger partial charge in [-0.2, -0.15) is 0 Å². The van der Waals surface area contributed by atoms with Gasteiger partial charge in [0.05, 0.1) is 18.8 Å². The van der Waals surface area contributed by atoms with Gasteiger partial charge in [-0.05, 0) is 83.5 Å². The number of carbonyl (C=O) groups is 2. The van der Waals surface area contributed by atoms with Crippen molar-refractivity contribution in [3.8, 4) is 16.9 Å². The predicted octanol–water partition coefficient (Wildman–Crippen LogP) is 4.76. The molecule has 2 amide bonds. The number of benzene rings is 2. The van der Waals surface area contributed by atoms with Crippen molar-refractivity contribution in [2.45, 2.75) is 71.2 Å². The molecule has 1 N–H and O–H groups in total. The minimum absolute atomic E-state index is 0.0175. The third kappa shape index (κ3) is 7.64. The summed E-state index contributed by atoms with van der Waals surface area (Å²) in [6.45, 7) is 11.4. The van der Waals surface area contributed by atoms with Gasteiger partial charge in [-0.1, -0.05) is 0 Å².